The third-order valence-electron chi connectivity index (χ3n) is 3.15. The summed E-state index contributed by atoms with van der Waals surface area (Å²) in [5.41, 5.74) is 1.13. The van der Waals surface area contributed by atoms with E-state index in [1.54, 1.807) is 55.5 Å². The number of carbonyl (C=O) groups excluding carboxylic acids is 2. The molecule has 0 aromatic heterocycles. The minimum Gasteiger partial charge on any atom is -0.452 e. The molecule has 1 N–H and O–H groups in total. The number of halogens is 2. The number of ether oxygens (including phenoxy) is 1. The predicted molar refractivity (Wildman–Crippen MR) is 89.7 cm³/mol. The van der Waals surface area contributed by atoms with E-state index >= 15 is 0 Å². The second kappa shape index (κ2) is 7.99. The van der Waals surface area contributed by atoms with Gasteiger partial charge in [0.15, 0.2) is 6.61 Å². The summed E-state index contributed by atoms with van der Waals surface area (Å²) in [6.07, 6.45) is 0. The average Bonchev–Trinajstić information content (AvgIpc) is 2.53. The zero-order chi connectivity index (χ0) is 16.8. The monoisotopic (exact) mass is 351 g/mol. The van der Waals surface area contributed by atoms with Gasteiger partial charge in [0.1, 0.15) is 0 Å². The molecule has 120 valence electrons. The summed E-state index contributed by atoms with van der Waals surface area (Å²) in [5.74, 6) is -0.953. The van der Waals surface area contributed by atoms with E-state index in [4.69, 9.17) is 27.9 Å². The van der Waals surface area contributed by atoms with E-state index in [0.717, 1.165) is 5.56 Å². The van der Waals surface area contributed by atoms with Crippen molar-refractivity contribution in [3.63, 3.8) is 0 Å². The highest BCUT2D eigenvalue weighted by atomic mass is 35.5. The minimum atomic E-state index is -0.544. The molecule has 0 bridgehead atoms. The first-order valence-corrected chi connectivity index (χ1v) is 7.69. The molecule has 6 heteroatoms. The Labute approximate surface area is 144 Å². The Morgan fingerprint density at radius 1 is 1.13 bits per heavy atom. The van der Waals surface area contributed by atoms with Crippen molar-refractivity contribution in [1.29, 1.82) is 0 Å². The highest BCUT2D eigenvalue weighted by Gasteiger charge is 2.15. The van der Waals surface area contributed by atoms with Gasteiger partial charge < -0.3 is 10.1 Å². The molecule has 0 aliphatic heterocycles. The molecule has 0 radical (unpaired) electrons. The van der Waals surface area contributed by atoms with Crippen molar-refractivity contribution < 1.29 is 14.3 Å². The first-order chi connectivity index (χ1) is 11.0. The summed E-state index contributed by atoms with van der Waals surface area (Å²) in [6.45, 7) is 1.43. The Morgan fingerprint density at radius 2 is 1.83 bits per heavy atom. The molecule has 2 aromatic rings. The maximum atomic E-state index is 11.9. The summed E-state index contributed by atoms with van der Waals surface area (Å²) in [5, 5.41) is 3.71. The number of carbonyl (C=O) groups is 2. The fourth-order valence-electron chi connectivity index (χ4n) is 2.00. The summed E-state index contributed by atoms with van der Waals surface area (Å²) in [4.78, 5) is 23.6. The number of benzene rings is 2. The van der Waals surface area contributed by atoms with E-state index in [9.17, 15) is 9.59 Å². The van der Waals surface area contributed by atoms with Gasteiger partial charge in [-0.15, -0.1) is 0 Å². The van der Waals surface area contributed by atoms with Crippen molar-refractivity contribution >= 4 is 35.1 Å². The first-order valence-electron chi connectivity index (χ1n) is 6.94. The van der Waals surface area contributed by atoms with Crippen LogP contribution in [-0.4, -0.2) is 18.5 Å². The Morgan fingerprint density at radius 3 is 2.48 bits per heavy atom. The summed E-state index contributed by atoms with van der Waals surface area (Å²) in [7, 11) is 0. The lowest BCUT2D eigenvalue weighted by atomic mass is 10.1. The fraction of sp³-hybridized carbons (Fsp3) is 0.176. The molecule has 0 spiro atoms. The van der Waals surface area contributed by atoms with Crippen LogP contribution in [0.3, 0.4) is 0 Å². The Balaban J connectivity index is 1.88. The molecule has 2 rings (SSSR count). The molecule has 0 aliphatic carbocycles. The van der Waals surface area contributed by atoms with Crippen LogP contribution in [0.5, 0.6) is 0 Å². The molecule has 2 aromatic carbocycles. The first kappa shape index (κ1) is 17.3. The Kier molecular flexibility index (Phi) is 6.02. The molecule has 0 aliphatic rings. The molecule has 0 unspecified atom stereocenters. The van der Waals surface area contributed by atoms with Gasteiger partial charge in [-0.2, -0.15) is 0 Å². The maximum absolute atomic E-state index is 11.9. The summed E-state index contributed by atoms with van der Waals surface area (Å²) >= 11 is 11.9. The van der Waals surface area contributed by atoms with Crippen LogP contribution in [0.25, 0.3) is 0 Å². The third-order valence-corrected chi connectivity index (χ3v) is 3.71. The molecule has 1 amide bonds. The van der Waals surface area contributed by atoms with Crippen LogP contribution in [0.4, 0.5) is 0 Å². The van der Waals surface area contributed by atoms with Gasteiger partial charge in [0.2, 0.25) is 0 Å². The van der Waals surface area contributed by atoms with Crippen LogP contribution in [0.15, 0.2) is 48.5 Å². The van der Waals surface area contributed by atoms with Crippen molar-refractivity contribution in [3.05, 3.63) is 69.7 Å². The van der Waals surface area contributed by atoms with Gasteiger partial charge in [-0.05, 0) is 36.8 Å². The van der Waals surface area contributed by atoms with Crippen LogP contribution in [0.2, 0.25) is 10.0 Å². The molecule has 1 atom stereocenters. The van der Waals surface area contributed by atoms with Crippen LogP contribution >= 0.6 is 23.2 Å². The van der Waals surface area contributed by atoms with Crippen molar-refractivity contribution in [1.82, 2.24) is 5.32 Å². The normalized spacial score (nSPS) is 11.6. The van der Waals surface area contributed by atoms with Gasteiger partial charge >= 0.3 is 5.97 Å². The van der Waals surface area contributed by atoms with Gasteiger partial charge in [-0.3, -0.25) is 4.79 Å². The minimum absolute atomic E-state index is 0.331. The lowest BCUT2D eigenvalue weighted by Crippen LogP contribution is -2.31. The smallest absolute Gasteiger partial charge is 0.338 e. The second-order valence-corrected chi connectivity index (χ2v) is 5.74. The molecule has 0 saturated heterocycles. The van der Waals surface area contributed by atoms with Crippen LogP contribution in [0.1, 0.15) is 28.9 Å². The van der Waals surface area contributed by atoms with E-state index in [0.29, 0.717) is 15.6 Å². The van der Waals surface area contributed by atoms with E-state index < -0.39 is 11.9 Å². The molecule has 0 heterocycles. The third kappa shape index (κ3) is 4.98. The topological polar surface area (TPSA) is 55.4 Å². The van der Waals surface area contributed by atoms with E-state index in [1.807, 2.05) is 0 Å². The van der Waals surface area contributed by atoms with Gasteiger partial charge in [0.25, 0.3) is 5.91 Å². The number of hydrogen-bond donors (Lipinski definition) is 1. The molecular formula is C17H15Cl2NO3. The maximum Gasteiger partial charge on any atom is 0.338 e. The van der Waals surface area contributed by atoms with Crippen molar-refractivity contribution in [2.45, 2.75) is 13.0 Å². The highest BCUT2D eigenvalue weighted by molar-refractivity contribution is 6.35. The van der Waals surface area contributed by atoms with Crippen LogP contribution in [-0.2, 0) is 9.53 Å². The standard InChI is InChI=1S/C17H15Cl2NO3/c1-11(14-8-7-13(18)9-15(14)19)20-16(21)10-23-17(22)12-5-3-2-4-6-12/h2-9,11H,10H2,1H3,(H,20,21)/t11-/m1/s1. The summed E-state index contributed by atoms with van der Waals surface area (Å²) in [6, 6.07) is 13.2. The number of esters is 1. The predicted octanol–water partition coefficient (Wildman–Crippen LogP) is 4.03. The molecular weight excluding hydrogens is 337 g/mol. The average molecular weight is 352 g/mol. The lowest BCUT2D eigenvalue weighted by Gasteiger charge is -2.16. The van der Waals surface area contributed by atoms with E-state index in [1.165, 1.54) is 0 Å². The second-order valence-electron chi connectivity index (χ2n) is 4.90. The lowest BCUT2D eigenvalue weighted by molar-refractivity contribution is -0.124. The van der Waals surface area contributed by atoms with Gasteiger partial charge in [0.05, 0.1) is 11.6 Å². The fourth-order valence-corrected chi connectivity index (χ4v) is 2.57. The van der Waals surface area contributed by atoms with Gasteiger partial charge in [-0.1, -0.05) is 47.5 Å². The number of rotatable bonds is 5. The van der Waals surface area contributed by atoms with Gasteiger partial charge in [-0.25, -0.2) is 4.79 Å². The zero-order valence-corrected chi connectivity index (χ0v) is 13.9. The van der Waals surface area contributed by atoms with Crippen molar-refractivity contribution in [2.24, 2.45) is 0 Å². The zero-order valence-electron chi connectivity index (χ0n) is 12.4. The van der Waals surface area contributed by atoms with Crippen LogP contribution < -0.4 is 5.32 Å². The Hall–Kier alpha value is -2.04. The Bertz CT molecular complexity index is 704. The summed E-state index contributed by atoms with van der Waals surface area (Å²) < 4.78 is 4.97. The van der Waals surface area contributed by atoms with Gasteiger partial charge in [0, 0.05) is 10.0 Å². The number of hydrogen-bond acceptors (Lipinski definition) is 3. The number of nitrogens with one attached hydrogen (secondary N) is 1. The van der Waals surface area contributed by atoms with Crippen molar-refractivity contribution in [2.75, 3.05) is 6.61 Å². The number of amides is 1. The largest absolute Gasteiger partial charge is 0.452 e. The highest BCUT2D eigenvalue weighted by Crippen LogP contribution is 2.25. The molecule has 4 nitrogen and oxygen atoms in total. The molecule has 0 saturated carbocycles. The van der Waals surface area contributed by atoms with Crippen LogP contribution in [0, 0.1) is 0 Å². The van der Waals surface area contributed by atoms with E-state index in [2.05, 4.69) is 5.32 Å². The quantitative estimate of drug-likeness (QED) is 0.827. The van der Waals surface area contributed by atoms with E-state index in [-0.39, 0.29) is 12.6 Å². The molecule has 0 fully saturated rings. The SMILES string of the molecule is C[C@@H](NC(=O)COC(=O)c1ccccc1)c1ccc(Cl)cc1Cl. The van der Waals surface area contributed by atoms with Crippen molar-refractivity contribution in [3.8, 4) is 0 Å². The molecule has 23 heavy (non-hydrogen) atoms.